The molecule has 0 spiro atoms. The molecule has 0 amide bonds. The molecule has 0 aromatic carbocycles. The van der Waals surface area contributed by atoms with Crippen molar-refractivity contribution < 1.29 is 0 Å². The van der Waals surface area contributed by atoms with E-state index in [1.165, 1.54) is 44.9 Å². The Labute approximate surface area is 150 Å². The highest BCUT2D eigenvalue weighted by Gasteiger charge is 2.58. The van der Waals surface area contributed by atoms with Gasteiger partial charge < -0.3 is 0 Å². The molecule has 6 heteroatoms. The molecule has 0 aliphatic heterocycles. The van der Waals surface area contributed by atoms with E-state index in [4.69, 9.17) is 11.1 Å². The Kier molecular flexibility index (Phi) is 4.16. The highest BCUT2D eigenvalue weighted by molar-refractivity contribution is 5.10. The number of nitrogens with zero attached hydrogens (tertiary/aromatic N) is 6. The van der Waals surface area contributed by atoms with Crippen LogP contribution in [0.1, 0.15) is 71.6 Å². The van der Waals surface area contributed by atoms with E-state index >= 15 is 0 Å². The second-order valence-corrected chi connectivity index (χ2v) is 9.73. The van der Waals surface area contributed by atoms with Gasteiger partial charge in [-0.2, -0.15) is 0 Å². The highest BCUT2D eigenvalue weighted by atomic mass is 15.2. The molecule has 136 valence electrons. The summed E-state index contributed by atoms with van der Waals surface area (Å²) in [7, 11) is 0. The van der Waals surface area contributed by atoms with Crippen LogP contribution in [0.25, 0.3) is 20.9 Å². The molecule has 6 nitrogen and oxygen atoms in total. The van der Waals surface area contributed by atoms with E-state index in [-0.39, 0.29) is 17.5 Å². The van der Waals surface area contributed by atoms with Gasteiger partial charge in [0.1, 0.15) is 0 Å². The van der Waals surface area contributed by atoms with Crippen LogP contribution >= 0.6 is 0 Å². The molecule has 0 heterocycles. The van der Waals surface area contributed by atoms with Gasteiger partial charge in [0.25, 0.3) is 0 Å². The van der Waals surface area contributed by atoms with E-state index in [0.29, 0.717) is 11.3 Å². The van der Waals surface area contributed by atoms with Crippen LogP contribution in [0.5, 0.6) is 0 Å². The first-order valence-corrected chi connectivity index (χ1v) is 10.1. The van der Waals surface area contributed by atoms with Gasteiger partial charge in [0.05, 0.1) is 0 Å². The summed E-state index contributed by atoms with van der Waals surface area (Å²) in [5.41, 5.74) is 18.7. The van der Waals surface area contributed by atoms with E-state index < -0.39 is 0 Å². The second-order valence-electron chi connectivity index (χ2n) is 9.73. The number of hydrogen-bond acceptors (Lipinski definition) is 2. The third-order valence-corrected chi connectivity index (χ3v) is 8.87. The molecule has 0 bridgehead atoms. The maximum atomic E-state index is 9.00. The van der Waals surface area contributed by atoms with Crippen LogP contribution in [0.3, 0.4) is 0 Å². The normalized spacial score (nSPS) is 51.3. The van der Waals surface area contributed by atoms with Gasteiger partial charge in [-0.15, -0.1) is 0 Å². The van der Waals surface area contributed by atoms with Crippen LogP contribution in [0.2, 0.25) is 0 Å². The van der Waals surface area contributed by atoms with E-state index in [1.54, 1.807) is 0 Å². The topological polar surface area (TPSA) is 97.5 Å². The third-order valence-electron chi connectivity index (χ3n) is 8.87. The SMILES string of the molecule is C[C@@]12CCC[C@H]1[C@@H]1CC[C@H]3C[C@H](N=[N+]=[N-])[C@H](N=[N+]=[N-])C[C@]3(C)[C@H]1CC2. The lowest BCUT2D eigenvalue weighted by Crippen LogP contribution is -2.55. The molecule has 0 aromatic rings. The lowest BCUT2D eigenvalue weighted by atomic mass is 9.44. The average Bonchev–Trinajstić information content (AvgIpc) is 2.98. The van der Waals surface area contributed by atoms with Crippen molar-refractivity contribution in [2.24, 2.45) is 44.7 Å². The Bertz CT molecular complexity index is 636. The minimum Gasteiger partial charge on any atom is -0.0902 e. The molecular weight excluding hydrogens is 312 g/mol. The summed E-state index contributed by atoms with van der Waals surface area (Å²) in [4.78, 5) is 6.10. The quantitative estimate of drug-likeness (QED) is 0.316. The van der Waals surface area contributed by atoms with Gasteiger partial charge in [-0.05, 0) is 96.9 Å². The Morgan fingerprint density at radius 2 is 1.64 bits per heavy atom. The molecule has 4 aliphatic rings. The number of rotatable bonds is 2. The Morgan fingerprint density at radius 3 is 2.40 bits per heavy atom. The Morgan fingerprint density at radius 1 is 0.880 bits per heavy atom. The molecule has 4 saturated carbocycles. The van der Waals surface area contributed by atoms with Crippen molar-refractivity contribution in [1.29, 1.82) is 0 Å². The largest absolute Gasteiger partial charge is 0.0902 e. The number of hydrogen-bond donors (Lipinski definition) is 0. The van der Waals surface area contributed by atoms with E-state index in [1.807, 2.05) is 0 Å². The number of fused-ring (bicyclic) bond motifs is 5. The van der Waals surface area contributed by atoms with Crippen molar-refractivity contribution in [2.75, 3.05) is 0 Å². The fourth-order valence-electron chi connectivity index (χ4n) is 7.64. The van der Waals surface area contributed by atoms with Gasteiger partial charge in [0.2, 0.25) is 0 Å². The fraction of sp³-hybridized carbons (Fsp3) is 1.00. The first-order valence-electron chi connectivity index (χ1n) is 10.1. The van der Waals surface area contributed by atoms with E-state index in [2.05, 4.69) is 33.9 Å². The Balaban J connectivity index is 1.64. The minimum atomic E-state index is -0.169. The maximum absolute atomic E-state index is 9.00. The zero-order valence-corrected chi connectivity index (χ0v) is 15.5. The van der Waals surface area contributed by atoms with Gasteiger partial charge in [0, 0.05) is 21.9 Å². The molecule has 0 saturated heterocycles. The predicted molar refractivity (Wildman–Crippen MR) is 97.6 cm³/mol. The first kappa shape index (κ1) is 17.1. The molecule has 4 rings (SSSR count). The zero-order valence-electron chi connectivity index (χ0n) is 15.5. The van der Waals surface area contributed by atoms with Crippen molar-refractivity contribution in [3.05, 3.63) is 20.9 Å². The summed E-state index contributed by atoms with van der Waals surface area (Å²) >= 11 is 0. The van der Waals surface area contributed by atoms with E-state index in [0.717, 1.165) is 30.6 Å². The lowest BCUT2D eigenvalue weighted by Gasteiger charge is -2.61. The lowest BCUT2D eigenvalue weighted by molar-refractivity contribution is -0.108. The maximum Gasteiger partial charge on any atom is 0.0463 e. The molecule has 0 radical (unpaired) electrons. The van der Waals surface area contributed by atoms with Crippen LogP contribution in [0.4, 0.5) is 0 Å². The number of azide groups is 2. The summed E-state index contributed by atoms with van der Waals surface area (Å²) in [6.07, 6.45) is 11.3. The molecule has 0 N–H and O–H groups in total. The van der Waals surface area contributed by atoms with Gasteiger partial charge in [-0.25, -0.2) is 0 Å². The Hall–Kier alpha value is -1.38. The molecule has 8 atom stereocenters. The van der Waals surface area contributed by atoms with Gasteiger partial charge in [-0.1, -0.05) is 30.5 Å². The summed E-state index contributed by atoms with van der Waals surface area (Å²) in [6.45, 7) is 4.99. The smallest absolute Gasteiger partial charge is 0.0463 e. The van der Waals surface area contributed by atoms with Crippen LogP contribution < -0.4 is 0 Å². The monoisotopic (exact) mass is 342 g/mol. The molecule has 25 heavy (non-hydrogen) atoms. The zero-order chi connectivity index (χ0) is 17.7. The fourth-order valence-corrected chi connectivity index (χ4v) is 7.64. The third kappa shape index (κ3) is 2.53. The van der Waals surface area contributed by atoms with Gasteiger partial charge in [0.15, 0.2) is 0 Å². The van der Waals surface area contributed by atoms with Crippen LogP contribution in [-0.4, -0.2) is 12.1 Å². The molecule has 4 aliphatic carbocycles. The molecule has 0 unspecified atom stereocenters. The van der Waals surface area contributed by atoms with Crippen LogP contribution in [0.15, 0.2) is 10.2 Å². The van der Waals surface area contributed by atoms with Gasteiger partial charge >= 0.3 is 0 Å². The van der Waals surface area contributed by atoms with Crippen molar-refractivity contribution in [3.63, 3.8) is 0 Å². The first-order chi connectivity index (χ1) is 12.0. The molecular formula is C19H30N6. The van der Waals surface area contributed by atoms with Gasteiger partial charge in [-0.3, -0.25) is 0 Å². The van der Waals surface area contributed by atoms with Crippen molar-refractivity contribution >= 4 is 0 Å². The standard InChI is InChI=1S/C19H30N6/c1-18-8-3-4-14(18)13-6-5-12-10-16(22-24-20)17(23-25-21)11-19(12,2)15(13)7-9-18/h12-17H,3-11H2,1-2H3/t12-,13-,14-,15-,16-,17+,18-,19-/m0/s1. The van der Waals surface area contributed by atoms with Crippen molar-refractivity contribution in [1.82, 2.24) is 0 Å². The highest BCUT2D eigenvalue weighted by Crippen LogP contribution is 2.66. The minimum absolute atomic E-state index is 0.157. The van der Waals surface area contributed by atoms with Crippen LogP contribution in [-0.2, 0) is 0 Å². The average molecular weight is 342 g/mol. The van der Waals surface area contributed by atoms with Crippen molar-refractivity contribution in [3.8, 4) is 0 Å². The second kappa shape index (κ2) is 6.10. The summed E-state index contributed by atoms with van der Waals surface area (Å²) in [6, 6.07) is -0.325. The van der Waals surface area contributed by atoms with E-state index in [9.17, 15) is 0 Å². The van der Waals surface area contributed by atoms with Crippen molar-refractivity contribution in [2.45, 2.75) is 83.7 Å². The van der Waals surface area contributed by atoms with Crippen LogP contribution in [0, 0.1) is 34.5 Å². The predicted octanol–water partition coefficient (Wildman–Crippen LogP) is 6.39. The summed E-state index contributed by atoms with van der Waals surface area (Å²) < 4.78 is 0. The molecule has 0 aromatic heterocycles. The summed E-state index contributed by atoms with van der Waals surface area (Å²) in [5.74, 6) is 3.12. The summed E-state index contributed by atoms with van der Waals surface area (Å²) in [5, 5.41) is 8.04. The molecule has 4 fully saturated rings.